The van der Waals surface area contributed by atoms with E-state index in [-0.39, 0.29) is 18.1 Å². The predicted octanol–water partition coefficient (Wildman–Crippen LogP) is 2.15. The summed E-state index contributed by atoms with van der Waals surface area (Å²) in [5.74, 6) is -0.634. The number of halogens is 1. The number of carbonyl (C=O) groups is 1. The quantitative estimate of drug-likeness (QED) is 0.853. The minimum absolute atomic E-state index is 0.0500. The molecule has 0 aromatic heterocycles. The summed E-state index contributed by atoms with van der Waals surface area (Å²) in [7, 11) is 0. The first kappa shape index (κ1) is 13.1. The van der Waals surface area contributed by atoms with E-state index in [0.717, 1.165) is 0 Å². The van der Waals surface area contributed by atoms with E-state index in [1.54, 1.807) is 4.90 Å². The summed E-state index contributed by atoms with van der Waals surface area (Å²) in [6.45, 7) is 0. The molecule has 0 spiro atoms. The monoisotopic (exact) mass is 274 g/mol. The highest BCUT2D eigenvalue weighted by molar-refractivity contribution is 5.99. The Morgan fingerprint density at radius 1 is 1.30 bits per heavy atom. The van der Waals surface area contributed by atoms with Crippen LogP contribution in [-0.4, -0.2) is 28.1 Å². The van der Waals surface area contributed by atoms with Gasteiger partial charge in [0.1, 0.15) is 11.9 Å². The van der Waals surface area contributed by atoms with Crippen LogP contribution in [0, 0.1) is 17.1 Å². The standard InChI is InChI=1S/C15H15FN2O2/c16-9-1-6-12-13(7-9)14(8-17)18(15(12)20)10-2-4-11(19)5-3-10/h1,6-7,10-11,14,19H,2-5H2. The molecule has 104 valence electrons. The molecule has 3 rings (SSSR count). The first-order valence-corrected chi connectivity index (χ1v) is 6.81. The summed E-state index contributed by atoms with van der Waals surface area (Å²) in [5, 5.41) is 18.9. The van der Waals surface area contributed by atoms with E-state index in [2.05, 4.69) is 6.07 Å². The first-order valence-electron chi connectivity index (χ1n) is 6.81. The number of hydrogen-bond acceptors (Lipinski definition) is 3. The highest BCUT2D eigenvalue weighted by Gasteiger charge is 2.41. The summed E-state index contributed by atoms with van der Waals surface area (Å²) in [4.78, 5) is 14.0. The van der Waals surface area contributed by atoms with Gasteiger partial charge in [-0.2, -0.15) is 5.26 Å². The SMILES string of the molecule is N#CC1c2cc(F)ccc2C(=O)N1C1CCC(O)CC1. The maximum absolute atomic E-state index is 13.3. The molecule has 4 nitrogen and oxygen atoms in total. The Kier molecular flexibility index (Phi) is 3.19. The third-order valence-corrected chi connectivity index (χ3v) is 4.23. The summed E-state index contributed by atoms with van der Waals surface area (Å²) < 4.78 is 13.3. The van der Waals surface area contributed by atoms with Crippen LogP contribution < -0.4 is 0 Å². The molecule has 20 heavy (non-hydrogen) atoms. The lowest BCUT2D eigenvalue weighted by molar-refractivity contribution is 0.0479. The van der Waals surface area contributed by atoms with Crippen LogP contribution >= 0.6 is 0 Å². The fourth-order valence-electron chi connectivity index (χ4n) is 3.21. The van der Waals surface area contributed by atoms with Gasteiger partial charge in [0, 0.05) is 17.2 Å². The van der Waals surface area contributed by atoms with Crippen LogP contribution in [0.5, 0.6) is 0 Å². The second-order valence-electron chi connectivity index (χ2n) is 5.44. The molecule has 0 saturated heterocycles. The summed E-state index contributed by atoms with van der Waals surface area (Å²) >= 11 is 0. The third-order valence-electron chi connectivity index (χ3n) is 4.23. The molecule has 5 heteroatoms. The van der Waals surface area contributed by atoms with Crippen molar-refractivity contribution in [2.75, 3.05) is 0 Å². The molecule has 0 bridgehead atoms. The number of nitriles is 1. The zero-order chi connectivity index (χ0) is 14.3. The lowest BCUT2D eigenvalue weighted by Gasteiger charge is -2.34. The number of nitrogens with zero attached hydrogens (tertiary/aromatic N) is 2. The van der Waals surface area contributed by atoms with E-state index in [1.165, 1.54) is 18.2 Å². The number of fused-ring (bicyclic) bond motifs is 1. The predicted molar refractivity (Wildman–Crippen MR) is 69.2 cm³/mol. The van der Waals surface area contributed by atoms with Crippen LogP contribution in [0.1, 0.15) is 47.6 Å². The lowest BCUT2D eigenvalue weighted by Crippen LogP contribution is -2.41. The van der Waals surface area contributed by atoms with E-state index >= 15 is 0 Å². The molecular formula is C15H15FN2O2. The zero-order valence-electron chi connectivity index (χ0n) is 10.9. The van der Waals surface area contributed by atoms with Crippen LogP contribution in [0.3, 0.4) is 0 Å². The maximum Gasteiger partial charge on any atom is 0.255 e. The van der Waals surface area contributed by atoms with Gasteiger partial charge in [0.05, 0.1) is 12.2 Å². The molecule has 1 N–H and O–H groups in total. The van der Waals surface area contributed by atoms with Gasteiger partial charge in [-0.25, -0.2) is 4.39 Å². The van der Waals surface area contributed by atoms with Crippen LogP contribution in [0.2, 0.25) is 0 Å². The van der Waals surface area contributed by atoms with Gasteiger partial charge in [0.2, 0.25) is 0 Å². The van der Waals surface area contributed by atoms with E-state index in [0.29, 0.717) is 36.8 Å². The molecule has 1 atom stereocenters. The maximum atomic E-state index is 13.3. The highest BCUT2D eigenvalue weighted by atomic mass is 19.1. The van der Waals surface area contributed by atoms with Crippen molar-refractivity contribution in [3.8, 4) is 6.07 Å². The molecule has 1 fully saturated rings. The Hall–Kier alpha value is -1.93. The van der Waals surface area contributed by atoms with Crippen molar-refractivity contribution in [2.45, 2.75) is 43.9 Å². The molecule has 1 aromatic rings. The van der Waals surface area contributed by atoms with E-state index < -0.39 is 11.9 Å². The average molecular weight is 274 g/mol. The van der Waals surface area contributed by atoms with Crippen molar-refractivity contribution in [1.29, 1.82) is 5.26 Å². The number of hydrogen-bond donors (Lipinski definition) is 1. The molecule has 1 saturated carbocycles. The molecule has 0 radical (unpaired) electrons. The zero-order valence-corrected chi connectivity index (χ0v) is 10.9. The van der Waals surface area contributed by atoms with Crippen molar-refractivity contribution >= 4 is 5.91 Å². The van der Waals surface area contributed by atoms with Crippen molar-refractivity contribution in [2.24, 2.45) is 0 Å². The number of aliphatic hydroxyl groups excluding tert-OH is 1. The van der Waals surface area contributed by atoms with E-state index in [9.17, 15) is 19.6 Å². The molecular weight excluding hydrogens is 259 g/mol. The molecule has 1 unspecified atom stereocenters. The molecule has 1 aromatic carbocycles. The molecule has 1 heterocycles. The minimum Gasteiger partial charge on any atom is -0.393 e. The molecule has 2 aliphatic rings. The van der Waals surface area contributed by atoms with E-state index in [4.69, 9.17) is 0 Å². The number of carbonyl (C=O) groups excluding carboxylic acids is 1. The molecule has 1 amide bonds. The van der Waals surface area contributed by atoms with Gasteiger partial charge >= 0.3 is 0 Å². The Morgan fingerprint density at radius 2 is 2.00 bits per heavy atom. The summed E-state index contributed by atoms with van der Waals surface area (Å²) in [5.41, 5.74) is 0.882. The molecule has 1 aliphatic heterocycles. The number of amides is 1. The summed E-state index contributed by atoms with van der Waals surface area (Å²) in [6, 6.07) is 5.33. The average Bonchev–Trinajstić information content (AvgIpc) is 2.72. The second kappa shape index (κ2) is 4.88. The van der Waals surface area contributed by atoms with Gasteiger partial charge in [-0.05, 0) is 43.9 Å². The van der Waals surface area contributed by atoms with Crippen LogP contribution in [0.25, 0.3) is 0 Å². The smallest absolute Gasteiger partial charge is 0.255 e. The van der Waals surface area contributed by atoms with Crippen LogP contribution in [-0.2, 0) is 0 Å². The van der Waals surface area contributed by atoms with Gasteiger partial charge in [-0.3, -0.25) is 4.79 Å². The lowest BCUT2D eigenvalue weighted by atomic mass is 9.91. The van der Waals surface area contributed by atoms with Gasteiger partial charge in [-0.1, -0.05) is 0 Å². The largest absolute Gasteiger partial charge is 0.393 e. The Balaban J connectivity index is 1.94. The fourth-order valence-corrected chi connectivity index (χ4v) is 3.21. The van der Waals surface area contributed by atoms with Crippen molar-refractivity contribution < 1.29 is 14.3 Å². The fraction of sp³-hybridized carbons (Fsp3) is 0.467. The van der Waals surface area contributed by atoms with Gasteiger partial charge < -0.3 is 10.0 Å². The Morgan fingerprint density at radius 3 is 2.65 bits per heavy atom. The van der Waals surface area contributed by atoms with Gasteiger partial charge in [0.25, 0.3) is 5.91 Å². The number of benzene rings is 1. The van der Waals surface area contributed by atoms with E-state index in [1.807, 2.05) is 0 Å². The van der Waals surface area contributed by atoms with Crippen molar-refractivity contribution in [3.63, 3.8) is 0 Å². The first-order chi connectivity index (χ1) is 9.61. The highest BCUT2D eigenvalue weighted by Crippen LogP contribution is 2.38. The van der Waals surface area contributed by atoms with Crippen LogP contribution in [0.15, 0.2) is 18.2 Å². The van der Waals surface area contributed by atoms with Crippen molar-refractivity contribution in [1.82, 2.24) is 4.90 Å². The third kappa shape index (κ3) is 1.97. The second-order valence-corrected chi connectivity index (χ2v) is 5.44. The Bertz CT molecular complexity index is 588. The molecule has 1 aliphatic carbocycles. The summed E-state index contributed by atoms with van der Waals surface area (Å²) in [6.07, 6.45) is 2.32. The number of rotatable bonds is 1. The Labute approximate surface area is 116 Å². The van der Waals surface area contributed by atoms with Crippen LogP contribution in [0.4, 0.5) is 4.39 Å². The van der Waals surface area contributed by atoms with Gasteiger partial charge in [0.15, 0.2) is 0 Å². The topological polar surface area (TPSA) is 64.3 Å². The van der Waals surface area contributed by atoms with Gasteiger partial charge in [-0.15, -0.1) is 0 Å². The van der Waals surface area contributed by atoms with Crippen molar-refractivity contribution in [3.05, 3.63) is 35.1 Å². The normalized spacial score (nSPS) is 29.1. The minimum atomic E-state index is -0.714. The number of aliphatic hydroxyl groups is 1.